The van der Waals surface area contributed by atoms with Gasteiger partial charge in [0.05, 0.1) is 22.6 Å². The van der Waals surface area contributed by atoms with Gasteiger partial charge in [0.1, 0.15) is 12.4 Å². The first-order valence-electron chi connectivity index (χ1n) is 9.97. The molecular weight excluding hydrogens is 354 g/mol. The number of aromatic nitrogens is 1. The average molecular weight is 386 g/mol. The second-order valence-corrected chi connectivity index (χ2v) is 8.56. The van der Waals surface area contributed by atoms with E-state index in [1.54, 1.807) is 0 Å². The molecule has 1 aromatic carbocycles. The number of carbonyl (C=O) groups is 1. The Morgan fingerprint density at radius 2 is 1.96 bits per heavy atom. The summed E-state index contributed by atoms with van der Waals surface area (Å²) in [7, 11) is 0. The quantitative estimate of drug-likeness (QED) is 0.819. The van der Waals surface area contributed by atoms with E-state index in [1.807, 2.05) is 52.0 Å². The zero-order valence-electron chi connectivity index (χ0n) is 17.2. The highest BCUT2D eigenvalue weighted by molar-refractivity contribution is 5.95. The number of nitrogens with zero attached hydrogens (tertiary/aromatic N) is 1. The summed E-state index contributed by atoms with van der Waals surface area (Å²) in [4.78, 5) is 16.6. The van der Waals surface area contributed by atoms with Crippen LogP contribution in [0.5, 0.6) is 5.75 Å². The van der Waals surface area contributed by atoms with Crippen molar-refractivity contribution >= 4 is 22.5 Å². The molecule has 0 saturated heterocycles. The second kappa shape index (κ2) is 8.35. The molecule has 0 unspecified atom stereocenters. The summed E-state index contributed by atoms with van der Waals surface area (Å²) in [6.45, 7) is 7.87. The second-order valence-electron chi connectivity index (χ2n) is 8.56. The summed E-state index contributed by atoms with van der Waals surface area (Å²) in [6.07, 6.45) is 3.68. The number of aryl methyl sites for hydroxylation is 1. The number of ether oxygens (including phenoxy) is 2. The molecular formula is C22H31N3O3. The van der Waals surface area contributed by atoms with Crippen LogP contribution in [0.3, 0.4) is 0 Å². The van der Waals surface area contributed by atoms with Crippen molar-refractivity contribution in [2.45, 2.75) is 71.1 Å². The van der Waals surface area contributed by atoms with Crippen molar-refractivity contribution in [1.29, 1.82) is 0 Å². The summed E-state index contributed by atoms with van der Waals surface area (Å²) in [5, 5.41) is 3.95. The number of carbonyl (C=O) groups excluding carboxylic acids is 1. The monoisotopic (exact) mass is 385 g/mol. The summed E-state index contributed by atoms with van der Waals surface area (Å²) < 4.78 is 11.8. The normalized spacial score (nSPS) is 20.1. The largest absolute Gasteiger partial charge is 0.490 e. The lowest BCUT2D eigenvalue weighted by molar-refractivity contribution is -0.131. The number of nitrogens with one attached hydrogen (secondary N) is 1. The fraction of sp³-hybridized carbons (Fsp3) is 0.545. The van der Waals surface area contributed by atoms with E-state index in [9.17, 15) is 4.79 Å². The maximum Gasteiger partial charge on any atom is 0.246 e. The Labute approximate surface area is 166 Å². The Hall–Kier alpha value is -2.34. The lowest BCUT2D eigenvalue weighted by Crippen LogP contribution is -2.42. The molecule has 152 valence electrons. The number of hydrogen-bond acceptors (Lipinski definition) is 5. The number of amides is 1. The predicted octanol–water partition coefficient (Wildman–Crippen LogP) is 3.75. The topological polar surface area (TPSA) is 86.5 Å². The van der Waals surface area contributed by atoms with Crippen molar-refractivity contribution < 1.29 is 14.3 Å². The van der Waals surface area contributed by atoms with Gasteiger partial charge in [0.15, 0.2) is 0 Å². The van der Waals surface area contributed by atoms with Gasteiger partial charge in [0.2, 0.25) is 5.91 Å². The van der Waals surface area contributed by atoms with E-state index in [1.165, 1.54) is 0 Å². The first-order chi connectivity index (χ1) is 13.2. The van der Waals surface area contributed by atoms with Crippen LogP contribution < -0.4 is 15.8 Å². The van der Waals surface area contributed by atoms with Gasteiger partial charge in [0.25, 0.3) is 0 Å². The van der Waals surface area contributed by atoms with Gasteiger partial charge in [-0.2, -0.15) is 0 Å². The Balaban J connectivity index is 1.55. The highest BCUT2D eigenvalue weighted by Crippen LogP contribution is 2.33. The van der Waals surface area contributed by atoms with Crippen LogP contribution in [0, 0.1) is 6.92 Å². The van der Waals surface area contributed by atoms with E-state index in [0.717, 1.165) is 48.0 Å². The lowest BCUT2D eigenvalue weighted by Gasteiger charge is -2.30. The van der Waals surface area contributed by atoms with Gasteiger partial charge >= 0.3 is 0 Å². The lowest BCUT2D eigenvalue weighted by atomic mass is 9.93. The molecule has 1 heterocycles. The first kappa shape index (κ1) is 20.4. The third-order valence-corrected chi connectivity index (χ3v) is 4.92. The molecule has 1 aliphatic rings. The highest BCUT2D eigenvalue weighted by atomic mass is 16.5. The molecule has 6 nitrogen and oxygen atoms in total. The van der Waals surface area contributed by atoms with E-state index >= 15 is 0 Å². The molecule has 0 spiro atoms. The number of nitrogen functional groups attached to an aromatic ring is 1. The molecule has 2 aromatic rings. The number of fused-ring (bicyclic) bond motifs is 1. The number of nitrogens with two attached hydrogens (primary N) is 1. The first-order valence-corrected chi connectivity index (χ1v) is 9.97. The van der Waals surface area contributed by atoms with Crippen LogP contribution in [0.15, 0.2) is 24.3 Å². The van der Waals surface area contributed by atoms with E-state index in [4.69, 9.17) is 15.2 Å². The Morgan fingerprint density at radius 1 is 1.25 bits per heavy atom. The molecule has 3 rings (SSSR count). The zero-order valence-corrected chi connectivity index (χ0v) is 17.2. The minimum Gasteiger partial charge on any atom is -0.490 e. The van der Waals surface area contributed by atoms with Gasteiger partial charge < -0.3 is 20.5 Å². The van der Waals surface area contributed by atoms with E-state index in [0.29, 0.717) is 5.69 Å². The third kappa shape index (κ3) is 5.35. The maximum atomic E-state index is 12.1. The van der Waals surface area contributed by atoms with Crippen LogP contribution in [0.2, 0.25) is 0 Å². The standard InChI is InChI=1S/C22H31N3O3/c1-14-12-17(23)21-18(24-14)6-5-7-19(21)28-16-10-8-15(9-11-16)25-20(26)13-27-22(2,3)4/h5-7,12,15-16H,8-11,13H2,1-4H3,(H2,23,24)(H,25,26). The fourth-order valence-electron chi connectivity index (χ4n) is 3.58. The van der Waals surface area contributed by atoms with Crippen molar-refractivity contribution in [3.05, 3.63) is 30.0 Å². The number of anilines is 1. The van der Waals surface area contributed by atoms with Crippen molar-refractivity contribution in [2.75, 3.05) is 12.3 Å². The van der Waals surface area contributed by atoms with Crippen LogP contribution in [-0.2, 0) is 9.53 Å². The van der Waals surface area contributed by atoms with E-state index in [-0.39, 0.29) is 30.3 Å². The van der Waals surface area contributed by atoms with Gasteiger partial charge in [-0.1, -0.05) is 6.07 Å². The molecule has 1 saturated carbocycles. The Kier molecular flexibility index (Phi) is 6.08. The van der Waals surface area contributed by atoms with Crippen LogP contribution in [0.1, 0.15) is 52.1 Å². The van der Waals surface area contributed by atoms with Crippen LogP contribution in [0.4, 0.5) is 5.69 Å². The minimum atomic E-state index is -0.309. The molecule has 1 aliphatic carbocycles. The smallest absolute Gasteiger partial charge is 0.246 e. The van der Waals surface area contributed by atoms with Crippen LogP contribution >= 0.6 is 0 Å². The molecule has 1 amide bonds. The summed E-state index contributed by atoms with van der Waals surface area (Å²) >= 11 is 0. The molecule has 6 heteroatoms. The highest BCUT2D eigenvalue weighted by Gasteiger charge is 2.25. The number of benzene rings is 1. The van der Waals surface area contributed by atoms with Gasteiger partial charge in [-0.05, 0) is 71.6 Å². The van der Waals surface area contributed by atoms with Gasteiger partial charge in [-0.15, -0.1) is 0 Å². The van der Waals surface area contributed by atoms with E-state index in [2.05, 4.69) is 10.3 Å². The number of pyridine rings is 1. The average Bonchev–Trinajstić information content (AvgIpc) is 2.61. The fourth-order valence-corrected chi connectivity index (χ4v) is 3.58. The van der Waals surface area contributed by atoms with Crippen molar-refractivity contribution in [3.8, 4) is 5.75 Å². The molecule has 0 aliphatic heterocycles. The molecule has 0 bridgehead atoms. The molecule has 1 aromatic heterocycles. The van der Waals surface area contributed by atoms with Gasteiger partial charge in [-0.3, -0.25) is 9.78 Å². The van der Waals surface area contributed by atoms with Gasteiger partial charge in [0, 0.05) is 17.4 Å². The molecule has 0 atom stereocenters. The Morgan fingerprint density at radius 3 is 2.64 bits per heavy atom. The number of hydrogen-bond donors (Lipinski definition) is 2. The van der Waals surface area contributed by atoms with Crippen LogP contribution in [0.25, 0.3) is 10.9 Å². The van der Waals surface area contributed by atoms with Crippen molar-refractivity contribution in [3.63, 3.8) is 0 Å². The zero-order chi connectivity index (χ0) is 20.3. The van der Waals surface area contributed by atoms with Crippen molar-refractivity contribution in [1.82, 2.24) is 10.3 Å². The minimum absolute atomic E-state index is 0.0532. The van der Waals surface area contributed by atoms with Crippen molar-refractivity contribution in [2.24, 2.45) is 0 Å². The maximum absolute atomic E-state index is 12.1. The third-order valence-electron chi connectivity index (χ3n) is 4.92. The Bertz CT molecular complexity index is 837. The van der Waals surface area contributed by atoms with E-state index < -0.39 is 0 Å². The number of rotatable bonds is 5. The molecule has 3 N–H and O–H groups in total. The summed E-state index contributed by atoms with van der Waals surface area (Å²) in [5.41, 5.74) is 8.36. The molecule has 28 heavy (non-hydrogen) atoms. The SMILES string of the molecule is Cc1cc(N)c2c(OC3CCC(NC(=O)COC(C)(C)C)CC3)cccc2n1. The predicted molar refractivity (Wildman–Crippen MR) is 111 cm³/mol. The summed E-state index contributed by atoms with van der Waals surface area (Å²) in [6, 6.07) is 7.91. The van der Waals surface area contributed by atoms with Gasteiger partial charge in [-0.25, -0.2) is 0 Å². The molecule has 0 radical (unpaired) electrons. The van der Waals surface area contributed by atoms with Crippen LogP contribution in [-0.4, -0.2) is 35.2 Å². The summed E-state index contributed by atoms with van der Waals surface area (Å²) in [5.74, 6) is 0.733. The molecule has 1 fully saturated rings.